The van der Waals surface area contributed by atoms with Gasteiger partial charge in [-0.25, -0.2) is 4.39 Å². The second-order valence-electron chi connectivity index (χ2n) is 5.84. The Hall–Kier alpha value is -2.69. The van der Waals surface area contributed by atoms with Crippen molar-refractivity contribution < 1.29 is 14.6 Å². The first-order valence-corrected chi connectivity index (χ1v) is 7.59. The maximum absolute atomic E-state index is 13.4. The molecule has 0 saturated heterocycles. The highest BCUT2D eigenvalue weighted by atomic mass is 19.1. The van der Waals surface area contributed by atoms with Crippen LogP contribution in [0.5, 0.6) is 0 Å². The van der Waals surface area contributed by atoms with Crippen molar-refractivity contribution in [3.05, 3.63) is 65.0 Å². The fraction of sp³-hybridized carbons (Fsp3) is 0.222. The summed E-state index contributed by atoms with van der Waals surface area (Å²) in [7, 11) is 0. The van der Waals surface area contributed by atoms with Crippen LogP contribution >= 0.6 is 0 Å². The summed E-state index contributed by atoms with van der Waals surface area (Å²) in [5.41, 5.74) is 9.06. The fourth-order valence-corrected chi connectivity index (χ4v) is 2.44. The summed E-state index contributed by atoms with van der Waals surface area (Å²) in [4.78, 5) is 11.7. The van der Waals surface area contributed by atoms with Gasteiger partial charge in [-0.1, -0.05) is 12.1 Å². The van der Waals surface area contributed by atoms with E-state index in [1.165, 1.54) is 12.1 Å². The van der Waals surface area contributed by atoms with E-state index in [4.69, 9.17) is 11.1 Å². The number of benzene rings is 2. The van der Waals surface area contributed by atoms with Gasteiger partial charge in [-0.05, 0) is 48.7 Å². The lowest BCUT2D eigenvalue weighted by molar-refractivity contribution is -0.122. The normalized spacial score (nSPS) is 13.6. The highest BCUT2D eigenvalue weighted by Crippen LogP contribution is 2.28. The molecule has 2 aromatic rings. The van der Waals surface area contributed by atoms with Gasteiger partial charge in [-0.3, -0.25) is 10.2 Å². The Balaban J connectivity index is 1.79. The maximum Gasteiger partial charge on any atom is 0.223 e. The molecule has 0 spiro atoms. The average molecular weight is 312 g/mol. The van der Waals surface area contributed by atoms with E-state index in [-0.39, 0.29) is 17.6 Å². The lowest BCUT2D eigenvalue weighted by Crippen LogP contribution is -2.41. The summed E-state index contributed by atoms with van der Waals surface area (Å²) in [5, 5.41) is 9.06. The number of nitrogens with one attached hydrogen (secondary N) is 1. The number of nitrogen functional groups attached to an aromatic ring is 1. The third kappa shape index (κ3) is 3.56. The third-order valence-electron chi connectivity index (χ3n) is 3.96. The number of rotatable bonds is 5. The van der Waals surface area contributed by atoms with Gasteiger partial charge in [0.25, 0.3) is 0 Å². The first-order valence-electron chi connectivity index (χ1n) is 7.59. The van der Waals surface area contributed by atoms with Crippen LogP contribution in [0.15, 0.2) is 42.5 Å². The molecule has 1 aliphatic rings. The molecule has 5 N–H and O–H groups in total. The van der Waals surface area contributed by atoms with Gasteiger partial charge in [0.15, 0.2) is 0 Å². The second-order valence-corrected chi connectivity index (χ2v) is 5.84. The molecule has 1 amide bonds. The number of halogens is 1. The zero-order valence-electron chi connectivity index (χ0n) is 12.7. The molecule has 1 saturated carbocycles. The fourth-order valence-electron chi connectivity index (χ4n) is 2.44. The SMILES string of the molecule is Nc1ccc(CNC(=O)C2CC2)cc1C(=[NH2+])c1cccc(F)c1. The second kappa shape index (κ2) is 6.20. The van der Waals surface area contributed by atoms with E-state index in [2.05, 4.69) is 5.32 Å². The minimum Gasteiger partial charge on any atom is -0.398 e. The van der Waals surface area contributed by atoms with Crippen molar-refractivity contribution in [3.63, 3.8) is 0 Å². The van der Waals surface area contributed by atoms with Crippen molar-refractivity contribution >= 4 is 17.3 Å². The molecule has 23 heavy (non-hydrogen) atoms. The van der Waals surface area contributed by atoms with Crippen molar-refractivity contribution in [1.29, 1.82) is 0 Å². The molecule has 0 heterocycles. The summed E-state index contributed by atoms with van der Waals surface area (Å²) in [6.45, 7) is 0.430. The highest BCUT2D eigenvalue weighted by molar-refractivity contribution is 6.12. The van der Waals surface area contributed by atoms with Crippen molar-refractivity contribution in [1.82, 2.24) is 5.32 Å². The Morgan fingerprint density at radius 1 is 1.26 bits per heavy atom. The van der Waals surface area contributed by atoms with Gasteiger partial charge in [0.05, 0.1) is 5.56 Å². The molecule has 0 atom stereocenters. The zero-order valence-corrected chi connectivity index (χ0v) is 12.7. The maximum atomic E-state index is 13.4. The van der Waals surface area contributed by atoms with Crippen LogP contribution in [0.4, 0.5) is 10.1 Å². The van der Waals surface area contributed by atoms with Crippen LogP contribution in [0.1, 0.15) is 29.5 Å². The summed E-state index contributed by atoms with van der Waals surface area (Å²) in [6.07, 6.45) is 1.94. The molecule has 4 nitrogen and oxygen atoms in total. The Kier molecular flexibility index (Phi) is 4.10. The van der Waals surface area contributed by atoms with Crippen LogP contribution in [0, 0.1) is 11.7 Å². The molecular formula is C18H19FN3O+. The summed E-state index contributed by atoms with van der Waals surface area (Å²) in [6, 6.07) is 11.5. The van der Waals surface area contributed by atoms with Crippen LogP contribution in [0.2, 0.25) is 0 Å². The Morgan fingerprint density at radius 2 is 2.04 bits per heavy atom. The quantitative estimate of drug-likeness (QED) is 0.569. The third-order valence-corrected chi connectivity index (χ3v) is 3.96. The first-order chi connectivity index (χ1) is 11.0. The van der Waals surface area contributed by atoms with Gasteiger partial charge >= 0.3 is 0 Å². The van der Waals surface area contributed by atoms with Crippen LogP contribution < -0.4 is 16.5 Å². The minimum absolute atomic E-state index is 0.0884. The highest BCUT2D eigenvalue weighted by Gasteiger charge is 2.29. The van der Waals surface area contributed by atoms with E-state index < -0.39 is 0 Å². The predicted molar refractivity (Wildman–Crippen MR) is 87.0 cm³/mol. The van der Waals surface area contributed by atoms with E-state index in [0.717, 1.165) is 18.4 Å². The summed E-state index contributed by atoms with van der Waals surface area (Å²) >= 11 is 0. The van der Waals surface area contributed by atoms with E-state index >= 15 is 0 Å². The molecule has 3 rings (SSSR count). The Morgan fingerprint density at radius 3 is 2.74 bits per heavy atom. The van der Waals surface area contributed by atoms with E-state index in [1.807, 2.05) is 12.1 Å². The lowest BCUT2D eigenvalue weighted by Gasteiger charge is -2.09. The number of anilines is 1. The molecule has 0 bridgehead atoms. The zero-order chi connectivity index (χ0) is 16.4. The van der Waals surface area contributed by atoms with Crippen LogP contribution in [0.3, 0.4) is 0 Å². The van der Waals surface area contributed by atoms with Gasteiger partial charge in [-0.15, -0.1) is 0 Å². The van der Waals surface area contributed by atoms with Crippen molar-refractivity contribution in [2.24, 2.45) is 5.92 Å². The lowest BCUT2D eigenvalue weighted by atomic mass is 9.98. The molecule has 0 aromatic heterocycles. The minimum atomic E-state index is -0.350. The predicted octanol–water partition coefficient (Wildman–Crippen LogP) is 1.03. The monoisotopic (exact) mass is 312 g/mol. The van der Waals surface area contributed by atoms with Gasteiger partial charge in [-0.2, -0.15) is 0 Å². The molecule has 1 fully saturated rings. The Labute approximate surface area is 134 Å². The van der Waals surface area contributed by atoms with E-state index in [9.17, 15) is 9.18 Å². The number of hydrogen-bond donors (Lipinski definition) is 3. The summed E-state index contributed by atoms with van der Waals surface area (Å²) in [5.74, 6) is -0.0884. The van der Waals surface area contributed by atoms with E-state index in [1.54, 1.807) is 18.2 Å². The Bertz CT molecular complexity index is 769. The van der Waals surface area contributed by atoms with Crippen LogP contribution in [-0.4, -0.2) is 11.6 Å². The van der Waals surface area contributed by atoms with Gasteiger partial charge in [0.1, 0.15) is 5.82 Å². The molecule has 0 radical (unpaired) electrons. The molecule has 0 aliphatic heterocycles. The number of carbonyl (C=O) groups is 1. The number of nitrogens with two attached hydrogens (primary N) is 2. The number of carbonyl (C=O) groups excluding carboxylic acids is 1. The average Bonchev–Trinajstić information content (AvgIpc) is 3.38. The molecular weight excluding hydrogens is 293 g/mol. The van der Waals surface area contributed by atoms with Crippen molar-refractivity contribution in [3.8, 4) is 0 Å². The van der Waals surface area contributed by atoms with Crippen LogP contribution in [0.25, 0.3) is 0 Å². The molecule has 5 heteroatoms. The number of hydrogen-bond acceptors (Lipinski definition) is 2. The molecule has 2 aromatic carbocycles. The van der Waals surface area contributed by atoms with Crippen molar-refractivity contribution in [2.45, 2.75) is 19.4 Å². The van der Waals surface area contributed by atoms with Gasteiger partial charge in [0.2, 0.25) is 11.6 Å². The van der Waals surface area contributed by atoms with Crippen molar-refractivity contribution in [2.75, 3.05) is 5.73 Å². The van der Waals surface area contributed by atoms with E-state index in [0.29, 0.717) is 29.1 Å². The standard InChI is InChI=1S/C18H18FN3O/c19-14-3-1-2-13(9-14)17(21)15-8-11(4-7-16(15)20)10-22-18(23)12-5-6-12/h1-4,7-9,12,21H,5-6,10,20H2,(H,22,23)/p+1. The summed E-state index contributed by atoms with van der Waals surface area (Å²) < 4.78 is 13.4. The topological polar surface area (TPSA) is 80.7 Å². The number of amides is 1. The van der Waals surface area contributed by atoms with Gasteiger partial charge < -0.3 is 11.1 Å². The molecule has 118 valence electrons. The molecule has 0 unspecified atom stereocenters. The smallest absolute Gasteiger partial charge is 0.223 e. The molecule has 1 aliphatic carbocycles. The van der Waals surface area contributed by atoms with Gasteiger partial charge in [0, 0.05) is 23.7 Å². The first kappa shape index (κ1) is 15.2. The largest absolute Gasteiger partial charge is 0.398 e. The van der Waals surface area contributed by atoms with Crippen LogP contribution in [-0.2, 0) is 11.3 Å².